The van der Waals surface area contributed by atoms with Crippen LogP contribution < -0.4 is 10.6 Å². The van der Waals surface area contributed by atoms with E-state index in [1.165, 1.54) is 12.1 Å². The number of benzene rings is 1. The van der Waals surface area contributed by atoms with Gasteiger partial charge in [-0.15, -0.1) is 0 Å². The van der Waals surface area contributed by atoms with Crippen molar-refractivity contribution < 1.29 is 9.18 Å². The fourth-order valence-corrected chi connectivity index (χ4v) is 1.95. The number of carbonyl (C=O) groups excluding carboxylic acids is 1. The molecule has 0 aliphatic heterocycles. The van der Waals surface area contributed by atoms with E-state index in [9.17, 15) is 9.18 Å². The summed E-state index contributed by atoms with van der Waals surface area (Å²) in [6.07, 6.45) is 4.36. The van der Waals surface area contributed by atoms with Crippen molar-refractivity contribution in [3.63, 3.8) is 0 Å². The fraction of sp³-hybridized carbons (Fsp3) is 0.333. The minimum absolute atomic E-state index is 0.260. The van der Waals surface area contributed by atoms with E-state index < -0.39 is 5.82 Å². The Morgan fingerprint density at radius 1 is 1.33 bits per heavy atom. The van der Waals surface area contributed by atoms with Crippen LogP contribution in [0.5, 0.6) is 0 Å². The maximum atomic E-state index is 13.8. The smallest absolute Gasteiger partial charge is 0.253 e. The average molecular weight is 290 g/mol. The van der Waals surface area contributed by atoms with Gasteiger partial charge in [0, 0.05) is 25.5 Å². The second-order valence-electron chi connectivity index (χ2n) is 4.61. The molecule has 2 N–H and O–H groups in total. The lowest BCUT2D eigenvalue weighted by molar-refractivity contribution is 0.0952. The van der Waals surface area contributed by atoms with Gasteiger partial charge in [-0.3, -0.25) is 9.48 Å². The molecule has 0 saturated heterocycles. The summed E-state index contributed by atoms with van der Waals surface area (Å²) in [5.74, 6) is -0.705. The zero-order valence-corrected chi connectivity index (χ0v) is 12.0. The highest BCUT2D eigenvalue weighted by Gasteiger charge is 2.14. The topological polar surface area (TPSA) is 59.0 Å². The number of hydrogen-bond donors (Lipinski definition) is 2. The Morgan fingerprint density at radius 2 is 2.19 bits per heavy atom. The molecule has 2 rings (SSSR count). The number of rotatable bonds is 7. The van der Waals surface area contributed by atoms with Crippen molar-refractivity contribution in [1.82, 2.24) is 15.1 Å². The van der Waals surface area contributed by atoms with E-state index in [4.69, 9.17) is 0 Å². The highest BCUT2D eigenvalue weighted by atomic mass is 19.1. The molecule has 0 radical (unpaired) electrons. The van der Waals surface area contributed by atoms with Crippen molar-refractivity contribution in [3.05, 3.63) is 48.0 Å². The number of aromatic nitrogens is 2. The number of amides is 1. The first-order valence-electron chi connectivity index (χ1n) is 7.00. The van der Waals surface area contributed by atoms with Crippen LogP contribution in [0.3, 0.4) is 0 Å². The molecule has 0 bridgehead atoms. The van der Waals surface area contributed by atoms with Crippen LogP contribution in [0.4, 0.5) is 10.1 Å². The van der Waals surface area contributed by atoms with Crippen LogP contribution in [0.15, 0.2) is 36.7 Å². The third-order valence-corrected chi connectivity index (χ3v) is 3.00. The summed E-state index contributed by atoms with van der Waals surface area (Å²) in [7, 11) is 0. The SMILES string of the molecule is CCCNc1c(F)cccc1C(=O)NCCn1cccn1. The summed E-state index contributed by atoms with van der Waals surface area (Å²) in [5.41, 5.74) is 0.583. The quantitative estimate of drug-likeness (QED) is 0.822. The summed E-state index contributed by atoms with van der Waals surface area (Å²) in [6.45, 7) is 3.61. The zero-order chi connectivity index (χ0) is 15.1. The van der Waals surface area contributed by atoms with E-state index in [-0.39, 0.29) is 11.6 Å². The molecule has 5 nitrogen and oxygen atoms in total. The maximum Gasteiger partial charge on any atom is 0.253 e. The van der Waals surface area contributed by atoms with Crippen LogP contribution in [0.25, 0.3) is 0 Å². The highest BCUT2D eigenvalue weighted by molar-refractivity contribution is 5.99. The van der Waals surface area contributed by atoms with E-state index in [1.807, 2.05) is 19.2 Å². The van der Waals surface area contributed by atoms with Gasteiger partial charge in [0.15, 0.2) is 0 Å². The second kappa shape index (κ2) is 7.42. The van der Waals surface area contributed by atoms with Crippen LogP contribution in [-0.2, 0) is 6.54 Å². The van der Waals surface area contributed by atoms with Crippen molar-refractivity contribution in [1.29, 1.82) is 0 Å². The van der Waals surface area contributed by atoms with E-state index >= 15 is 0 Å². The number of nitrogens with one attached hydrogen (secondary N) is 2. The maximum absolute atomic E-state index is 13.8. The minimum Gasteiger partial charge on any atom is -0.382 e. The standard InChI is InChI=1S/C15H19FN4O/c1-2-7-17-14-12(5-3-6-13(14)16)15(21)18-9-11-20-10-4-8-19-20/h3-6,8,10,17H,2,7,9,11H2,1H3,(H,18,21). The number of nitrogens with zero attached hydrogens (tertiary/aromatic N) is 2. The van der Waals surface area contributed by atoms with Crippen molar-refractivity contribution in [2.75, 3.05) is 18.4 Å². The van der Waals surface area contributed by atoms with Gasteiger partial charge in [-0.05, 0) is 24.6 Å². The van der Waals surface area contributed by atoms with Crippen molar-refractivity contribution in [2.24, 2.45) is 0 Å². The molecule has 0 fully saturated rings. The van der Waals surface area contributed by atoms with E-state index in [1.54, 1.807) is 16.9 Å². The summed E-state index contributed by atoms with van der Waals surface area (Å²) < 4.78 is 15.5. The van der Waals surface area contributed by atoms with Gasteiger partial charge in [0.05, 0.1) is 17.8 Å². The largest absolute Gasteiger partial charge is 0.382 e. The minimum atomic E-state index is -0.414. The lowest BCUT2D eigenvalue weighted by atomic mass is 10.1. The van der Waals surface area contributed by atoms with Crippen LogP contribution in [-0.4, -0.2) is 28.8 Å². The molecule has 0 atom stereocenters. The lowest BCUT2D eigenvalue weighted by Crippen LogP contribution is -2.28. The Balaban J connectivity index is 1.99. The van der Waals surface area contributed by atoms with Gasteiger partial charge >= 0.3 is 0 Å². The van der Waals surface area contributed by atoms with E-state index in [0.29, 0.717) is 25.2 Å². The summed E-state index contributed by atoms with van der Waals surface area (Å²) in [4.78, 5) is 12.2. The molecule has 6 heteroatoms. The van der Waals surface area contributed by atoms with Gasteiger partial charge in [-0.1, -0.05) is 13.0 Å². The van der Waals surface area contributed by atoms with Crippen LogP contribution in [0.2, 0.25) is 0 Å². The molecule has 0 aliphatic rings. The normalized spacial score (nSPS) is 10.4. The number of hydrogen-bond acceptors (Lipinski definition) is 3. The second-order valence-corrected chi connectivity index (χ2v) is 4.61. The number of para-hydroxylation sites is 1. The van der Waals surface area contributed by atoms with Crippen molar-refractivity contribution >= 4 is 11.6 Å². The van der Waals surface area contributed by atoms with Crippen molar-refractivity contribution in [3.8, 4) is 0 Å². The summed E-state index contributed by atoms with van der Waals surface area (Å²) in [6, 6.07) is 6.32. The molecular formula is C15H19FN4O. The monoisotopic (exact) mass is 290 g/mol. The predicted octanol–water partition coefficient (Wildman–Crippen LogP) is 2.27. The number of halogens is 1. The molecule has 2 aromatic rings. The Kier molecular flexibility index (Phi) is 5.31. The molecular weight excluding hydrogens is 271 g/mol. The number of anilines is 1. The molecule has 21 heavy (non-hydrogen) atoms. The molecule has 0 saturated carbocycles. The van der Waals surface area contributed by atoms with Gasteiger partial charge in [0.2, 0.25) is 0 Å². The Hall–Kier alpha value is -2.37. The first-order valence-corrected chi connectivity index (χ1v) is 7.00. The van der Waals surface area contributed by atoms with Gasteiger partial charge in [-0.25, -0.2) is 4.39 Å². The average Bonchev–Trinajstić information content (AvgIpc) is 2.99. The van der Waals surface area contributed by atoms with Crippen LogP contribution in [0, 0.1) is 5.82 Å². The molecule has 112 valence electrons. The first kappa shape index (κ1) is 15.0. The third kappa shape index (κ3) is 4.05. The molecule has 0 unspecified atom stereocenters. The van der Waals surface area contributed by atoms with Crippen LogP contribution >= 0.6 is 0 Å². The molecule has 1 aromatic heterocycles. The number of carbonyl (C=O) groups is 1. The first-order chi connectivity index (χ1) is 10.2. The highest BCUT2D eigenvalue weighted by Crippen LogP contribution is 2.19. The zero-order valence-electron chi connectivity index (χ0n) is 12.0. The van der Waals surface area contributed by atoms with Crippen LogP contribution in [0.1, 0.15) is 23.7 Å². The Morgan fingerprint density at radius 3 is 2.90 bits per heavy atom. The fourth-order valence-electron chi connectivity index (χ4n) is 1.95. The van der Waals surface area contributed by atoms with E-state index in [2.05, 4.69) is 15.7 Å². The van der Waals surface area contributed by atoms with Gasteiger partial charge in [0.25, 0.3) is 5.91 Å². The molecule has 1 amide bonds. The summed E-state index contributed by atoms with van der Waals surface area (Å²) in [5, 5.41) is 9.79. The Bertz CT molecular complexity index is 583. The van der Waals surface area contributed by atoms with Gasteiger partial charge < -0.3 is 10.6 Å². The van der Waals surface area contributed by atoms with E-state index in [0.717, 1.165) is 6.42 Å². The molecule has 0 aliphatic carbocycles. The third-order valence-electron chi connectivity index (χ3n) is 3.00. The van der Waals surface area contributed by atoms with Gasteiger partial charge in [-0.2, -0.15) is 5.10 Å². The Labute approximate surface area is 123 Å². The molecule has 1 heterocycles. The lowest BCUT2D eigenvalue weighted by Gasteiger charge is -2.12. The summed E-state index contributed by atoms with van der Waals surface area (Å²) >= 11 is 0. The molecule has 0 spiro atoms. The van der Waals surface area contributed by atoms with Gasteiger partial charge in [0.1, 0.15) is 5.82 Å². The molecule has 1 aromatic carbocycles. The van der Waals surface area contributed by atoms with Crippen molar-refractivity contribution in [2.45, 2.75) is 19.9 Å². The predicted molar refractivity (Wildman–Crippen MR) is 79.7 cm³/mol.